The Labute approximate surface area is 186 Å². The number of nitrogens with one attached hydrogen (secondary N) is 1. The number of carbonyl (C=O) groups is 2. The molecular formula is C25H24FN3O3. The van der Waals surface area contributed by atoms with Crippen LogP contribution in [0, 0.1) is 5.82 Å². The van der Waals surface area contributed by atoms with Gasteiger partial charge in [0, 0.05) is 38.0 Å². The summed E-state index contributed by atoms with van der Waals surface area (Å²) in [5.41, 5.74) is 3.05. The third-order valence-electron chi connectivity index (χ3n) is 5.47. The second-order valence-electron chi connectivity index (χ2n) is 7.69. The lowest BCUT2D eigenvalue weighted by Crippen LogP contribution is -2.60. The summed E-state index contributed by atoms with van der Waals surface area (Å²) in [4.78, 5) is 31.3. The molecule has 0 unspecified atom stereocenters. The normalized spacial score (nSPS) is 16.9. The molecule has 7 heteroatoms. The van der Waals surface area contributed by atoms with Crippen molar-refractivity contribution >= 4 is 11.8 Å². The molecule has 0 saturated carbocycles. The highest BCUT2D eigenvalue weighted by molar-refractivity contribution is 5.90. The highest BCUT2D eigenvalue weighted by atomic mass is 19.1. The van der Waals surface area contributed by atoms with Crippen molar-refractivity contribution in [3.8, 4) is 16.9 Å². The van der Waals surface area contributed by atoms with Gasteiger partial charge in [-0.25, -0.2) is 4.39 Å². The number of nitrogens with zero attached hydrogens (tertiary/aromatic N) is 2. The molecule has 0 bridgehead atoms. The second-order valence-corrected chi connectivity index (χ2v) is 7.69. The maximum Gasteiger partial charge on any atom is 0.264 e. The van der Waals surface area contributed by atoms with Gasteiger partial charge in [-0.3, -0.25) is 14.6 Å². The number of hydrogen-bond donors (Lipinski definition) is 1. The van der Waals surface area contributed by atoms with E-state index in [1.165, 1.54) is 18.2 Å². The molecule has 1 aliphatic heterocycles. The van der Waals surface area contributed by atoms with Gasteiger partial charge < -0.3 is 15.0 Å². The smallest absolute Gasteiger partial charge is 0.264 e. The van der Waals surface area contributed by atoms with Crippen molar-refractivity contribution in [2.24, 2.45) is 0 Å². The van der Waals surface area contributed by atoms with Crippen molar-refractivity contribution in [2.75, 3.05) is 13.1 Å². The van der Waals surface area contributed by atoms with E-state index in [4.69, 9.17) is 4.74 Å². The van der Waals surface area contributed by atoms with Crippen LogP contribution >= 0.6 is 0 Å². The van der Waals surface area contributed by atoms with Crippen LogP contribution in [-0.2, 0) is 16.0 Å². The molecule has 0 spiro atoms. The molecule has 3 aromatic rings. The third-order valence-corrected chi connectivity index (χ3v) is 5.47. The van der Waals surface area contributed by atoms with Gasteiger partial charge >= 0.3 is 0 Å². The fraction of sp³-hybridized carbons (Fsp3) is 0.240. The molecule has 1 aliphatic rings. The maximum absolute atomic E-state index is 13.4. The minimum absolute atomic E-state index is 0.194. The van der Waals surface area contributed by atoms with Crippen LogP contribution in [0.4, 0.5) is 4.39 Å². The largest absolute Gasteiger partial charge is 0.481 e. The van der Waals surface area contributed by atoms with Gasteiger partial charge in [0.2, 0.25) is 5.91 Å². The van der Waals surface area contributed by atoms with Gasteiger partial charge in [0.25, 0.3) is 5.91 Å². The van der Waals surface area contributed by atoms with E-state index in [0.717, 1.165) is 16.7 Å². The van der Waals surface area contributed by atoms with Crippen LogP contribution in [0.3, 0.4) is 0 Å². The lowest BCUT2D eigenvalue weighted by Gasteiger charge is -2.36. The summed E-state index contributed by atoms with van der Waals surface area (Å²) in [7, 11) is 0. The van der Waals surface area contributed by atoms with Crippen molar-refractivity contribution in [3.63, 3.8) is 0 Å². The quantitative estimate of drug-likeness (QED) is 0.648. The number of piperazine rings is 1. The first-order valence-electron chi connectivity index (χ1n) is 10.5. The first-order valence-corrected chi connectivity index (χ1v) is 10.5. The lowest BCUT2D eigenvalue weighted by atomic mass is 9.99. The van der Waals surface area contributed by atoms with Crippen LogP contribution < -0.4 is 10.1 Å². The van der Waals surface area contributed by atoms with Crippen LogP contribution in [0.1, 0.15) is 12.5 Å². The molecule has 1 fully saturated rings. The average molecular weight is 433 g/mol. The molecule has 4 rings (SSSR count). The molecule has 6 nitrogen and oxygen atoms in total. The maximum atomic E-state index is 13.4. The van der Waals surface area contributed by atoms with Crippen molar-refractivity contribution in [1.29, 1.82) is 0 Å². The molecule has 1 saturated heterocycles. The number of pyridine rings is 1. The van der Waals surface area contributed by atoms with Crippen LogP contribution in [0.25, 0.3) is 11.1 Å². The summed E-state index contributed by atoms with van der Waals surface area (Å²) in [6.45, 7) is 2.39. The van der Waals surface area contributed by atoms with E-state index in [0.29, 0.717) is 19.5 Å². The first kappa shape index (κ1) is 21.5. The fourth-order valence-electron chi connectivity index (χ4n) is 3.81. The summed E-state index contributed by atoms with van der Waals surface area (Å²) in [6.07, 6.45) is 3.03. The molecule has 164 valence electrons. The average Bonchev–Trinajstić information content (AvgIpc) is 2.81. The number of benzene rings is 2. The van der Waals surface area contributed by atoms with E-state index in [2.05, 4.69) is 10.3 Å². The van der Waals surface area contributed by atoms with Crippen LogP contribution in [0.15, 0.2) is 73.1 Å². The molecule has 2 aromatic carbocycles. The molecule has 2 atom stereocenters. The van der Waals surface area contributed by atoms with Crippen molar-refractivity contribution in [3.05, 3.63) is 84.4 Å². The first-order chi connectivity index (χ1) is 15.5. The summed E-state index contributed by atoms with van der Waals surface area (Å²) in [5, 5.41) is 2.84. The highest BCUT2D eigenvalue weighted by Crippen LogP contribution is 2.21. The number of aromatic nitrogens is 1. The number of carbonyl (C=O) groups excluding carboxylic acids is 2. The highest BCUT2D eigenvalue weighted by Gasteiger charge is 2.35. The second kappa shape index (κ2) is 9.60. The third kappa shape index (κ3) is 4.94. The molecule has 0 radical (unpaired) electrons. The predicted molar refractivity (Wildman–Crippen MR) is 118 cm³/mol. The molecule has 2 amide bonds. The van der Waals surface area contributed by atoms with Gasteiger partial charge in [0.15, 0.2) is 6.10 Å². The minimum Gasteiger partial charge on any atom is -0.481 e. The Hall–Kier alpha value is -3.74. The van der Waals surface area contributed by atoms with Crippen LogP contribution in [0.5, 0.6) is 5.75 Å². The summed E-state index contributed by atoms with van der Waals surface area (Å²) in [5.74, 6) is -0.661. The van der Waals surface area contributed by atoms with Crippen LogP contribution in [0.2, 0.25) is 0 Å². The monoisotopic (exact) mass is 433 g/mol. The number of amides is 2. The molecule has 1 aromatic heterocycles. The number of hydrogen-bond acceptors (Lipinski definition) is 4. The number of ether oxygens (including phenoxy) is 1. The Balaban J connectivity index is 1.47. The Bertz CT molecular complexity index is 1090. The van der Waals surface area contributed by atoms with Gasteiger partial charge in [-0.05, 0) is 47.9 Å². The molecular weight excluding hydrogens is 409 g/mol. The zero-order chi connectivity index (χ0) is 22.5. The van der Waals surface area contributed by atoms with E-state index in [-0.39, 0.29) is 17.6 Å². The fourth-order valence-corrected chi connectivity index (χ4v) is 3.81. The number of halogens is 1. The van der Waals surface area contributed by atoms with Gasteiger partial charge in [-0.2, -0.15) is 0 Å². The van der Waals surface area contributed by atoms with E-state index in [1.54, 1.807) is 30.3 Å². The number of rotatable bonds is 6. The Kier molecular flexibility index (Phi) is 6.44. The van der Waals surface area contributed by atoms with E-state index >= 15 is 0 Å². The van der Waals surface area contributed by atoms with Crippen molar-refractivity contribution in [1.82, 2.24) is 15.2 Å². The molecule has 1 N–H and O–H groups in total. The van der Waals surface area contributed by atoms with E-state index in [1.807, 2.05) is 36.4 Å². The molecule has 2 heterocycles. The lowest BCUT2D eigenvalue weighted by molar-refractivity contribution is -0.147. The molecule has 32 heavy (non-hydrogen) atoms. The minimum atomic E-state index is -0.848. The topological polar surface area (TPSA) is 71.5 Å². The predicted octanol–water partition coefficient (Wildman–Crippen LogP) is 3.22. The van der Waals surface area contributed by atoms with Gasteiger partial charge in [-0.1, -0.05) is 30.3 Å². The summed E-state index contributed by atoms with van der Waals surface area (Å²) >= 11 is 0. The van der Waals surface area contributed by atoms with Gasteiger partial charge in [0.1, 0.15) is 17.6 Å². The molecule has 0 aliphatic carbocycles. The standard InChI is InChI=1S/C25H24FN3O3/c1-17(32-22-4-2-3-21(26)16-22)25(31)29-14-13-28-24(30)23(29)15-18-5-7-19(8-6-18)20-9-11-27-12-10-20/h2-12,16-17,23H,13-15H2,1H3,(H,28,30)/t17-,23+/m0/s1. The van der Waals surface area contributed by atoms with Gasteiger partial charge in [-0.15, -0.1) is 0 Å². The summed E-state index contributed by atoms with van der Waals surface area (Å²) in [6, 6.07) is 16.8. The van der Waals surface area contributed by atoms with Crippen molar-refractivity contribution in [2.45, 2.75) is 25.5 Å². The zero-order valence-corrected chi connectivity index (χ0v) is 17.7. The van der Waals surface area contributed by atoms with Crippen LogP contribution in [-0.4, -0.2) is 46.9 Å². The Morgan fingerprint density at radius 3 is 2.59 bits per heavy atom. The van der Waals surface area contributed by atoms with E-state index < -0.39 is 18.0 Å². The summed E-state index contributed by atoms with van der Waals surface area (Å²) < 4.78 is 19.1. The Morgan fingerprint density at radius 1 is 1.16 bits per heavy atom. The van der Waals surface area contributed by atoms with E-state index in [9.17, 15) is 14.0 Å². The van der Waals surface area contributed by atoms with Crippen molar-refractivity contribution < 1.29 is 18.7 Å². The Morgan fingerprint density at radius 2 is 1.88 bits per heavy atom. The van der Waals surface area contributed by atoms with Gasteiger partial charge in [0.05, 0.1) is 0 Å². The zero-order valence-electron chi connectivity index (χ0n) is 17.7. The SMILES string of the molecule is C[C@H](Oc1cccc(F)c1)C(=O)N1CCNC(=O)[C@H]1Cc1ccc(-c2ccncc2)cc1.